The van der Waals surface area contributed by atoms with Gasteiger partial charge in [0.25, 0.3) is 5.91 Å². The fraction of sp³-hybridized carbons (Fsp3) is 0.294. The van der Waals surface area contributed by atoms with E-state index in [9.17, 15) is 4.79 Å². The lowest BCUT2D eigenvalue weighted by Crippen LogP contribution is -2.36. The Hall–Kier alpha value is -2.36. The summed E-state index contributed by atoms with van der Waals surface area (Å²) in [5.41, 5.74) is 3.22. The van der Waals surface area contributed by atoms with Crippen molar-refractivity contribution in [3.63, 3.8) is 0 Å². The molecule has 0 aliphatic heterocycles. The molecule has 1 atom stereocenters. The number of nitrogens with one attached hydrogen (secondary N) is 1. The number of nitrogens with zero attached hydrogens (tertiary/aromatic N) is 1. The first-order valence-electron chi connectivity index (χ1n) is 6.97. The molecule has 0 bridgehead atoms. The summed E-state index contributed by atoms with van der Waals surface area (Å²) in [6, 6.07) is 9.66. The van der Waals surface area contributed by atoms with Crippen LogP contribution in [0.4, 0.5) is 0 Å². The average Bonchev–Trinajstić information content (AvgIpc) is 2.48. The molecule has 21 heavy (non-hydrogen) atoms. The Morgan fingerprint density at radius 2 is 1.95 bits per heavy atom. The lowest BCUT2D eigenvalue weighted by atomic mass is 10.1. The topological polar surface area (TPSA) is 51.2 Å². The number of aromatic nitrogens is 1. The van der Waals surface area contributed by atoms with Gasteiger partial charge in [-0.25, -0.2) is 0 Å². The van der Waals surface area contributed by atoms with E-state index < -0.39 is 6.10 Å². The monoisotopic (exact) mass is 284 g/mol. The van der Waals surface area contributed by atoms with E-state index in [0.717, 1.165) is 16.9 Å². The van der Waals surface area contributed by atoms with Crippen molar-refractivity contribution in [3.8, 4) is 5.75 Å². The number of carbonyl (C=O) groups is 1. The minimum Gasteiger partial charge on any atom is -0.481 e. The predicted octanol–water partition coefficient (Wildman–Crippen LogP) is 2.78. The summed E-state index contributed by atoms with van der Waals surface area (Å²) in [6.07, 6.45) is 2.88. The summed E-state index contributed by atoms with van der Waals surface area (Å²) < 4.78 is 5.73. The van der Waals surface area contributed by atoms with E-state index >= 15 is 0 Å². The van der Waals surface area contributed by atoms with E-state index in [1.807, 2.05) is 44.2 Å². The summed E-state index contributed by atoms with van der Waals surface area (Å²) in [7, 11) is 0. The molecule has 1 amide bonds. The second kappa shape index (κ2) is 6.88. The summed E-state index contributed by atoms with van der Waals surface area (Å²) >= 11 is 0. The van der Waals surface area contributed by atoms with Crippen LogP contribution >= 0.6 is 0 Å². The van der Waals surface area contributed by atoms with Crippen LogP contribution in [0.25, 0.3) is 0 Å². The average molecular weight is 284 g/mol. The third-order valence-electron chi connectivity index (χ3n) is 3.22. The number of rotatable bonds is 5. The van der Waals surface area contributed by atoms with Gasteiger partial charge in [0.2, 0.25) is 0 Å². The highest BCUT2D eigenvalue weighted by Crippen LogP contribution is 2.20. The lowest BCUT2D eigenvalue weighted by molar-refractivity contribution is -0.127. The Kier molecular flexibility index (Phi) is 4.93. The highest BCUT2D eigenvalue weighted by molar-refractivity contribution is 5.80. The Balaban J connectivity index is 1.90. The molecule has 0 saturated carbocycles. The van der Waals surface area contributed by atoms with E-state index in [2.05, 4.69) is 10.3 Å². The van der Waals surface area contributed by atoms with Gasteiger partial charge in [-0.05, 0) is 50.1 Å². The molecule has 0 spiro atoms. The molecule has 1 aromatic carbocycles. The Morgan fingerprint density at radius 3 is 2.62 bits per heavy atom. The molecular weight excluding hydrogens is 264 g/mol. The van der Waals surface area contributed by atoms with Crippen molar-refractivity contribution in [1.82, 2.24) is 10.3 Å². The zero-order chi connectivity index (χ0) is 15.2. The molecule has 2 aromatic rings. The minimum absolute atomic E-state index is 0.133. The van der Waals surface area contributed by atoms with Crippen molar-refractivity contribution in [2.45, 2.75) is 33.4 Å². The summed E-state index contributed by atoms with van der Waals surface area (Å²) in [4.78, 5) is 16.0. The highest BCUT2D eigenvalue weighted by atomic mass is 16.5. The Morgan fingerprint density at radius 1 is 1.24 bits per heavy atom. The third kappa shape index (κ3) is 4.31. The van der Waals surface area contributed by atoms with Crippen molar-refractivity contribution in [1.29, 1.82) is 0 Å². The van der Waals surface area contributed by atoms with Gasteiger partial charge >= 0.3 is 0 Å². The first-order valence-corrected chi connectivity index (χ1v) is 6.97. The number of hydrogen-bond donors (Lipinski definition) is 1. The largest absolute Gasteiger partial charge is 0.481 e. The fourth-order valence-corrected chi connectivity index (χ4v) is 2.01. The number of pyridine rings is 1. The maximum Gasteiger partial charge on any atom is 0.261 e. The van der Waals surface area contributed by atoms with E-state index in [1.165, 1.54) is 5.56 Å². The molecule has 0 saturated heterocycles. The van der Waals surface area contributed by atoms with Crippen LogP contribution in [0.15, 0.2) is 42.7 Å². The first-order chi connectivity index (χ1) is 10.1. The second-order valence-corrected chi connectivity index (χ2v) is 5.10. The summed E-state index contributed by atoms with van der Waals surface area (Å²) in [5, 5.41) is 2.86. The van der Waals surface area contributed by atoms with Crippen LogP contribution in [0.1, 0.15) is 23.6 Å². The molecule has 4 nitrogen and oxygen atoms in total. The van der Waals surface area contributed by atoms with Crippen LogP contribution in [0.5, 0.6) is 5.75 Å². The van der Waals surface area contributed by atoms with Gasteiger partial charge in [0.15, 0.2) is 6.10 Å². The second-order valence-electron chi connectivity index (χ2n) is 5.10. The zero-order valence-electron chi connectivity index (χ0n) is 12.6. The highest BCUT2D eigenvalue weighted by Gasteiger charge is 2.15. The fourth-order valence-electron chi connectivity index (χ4n) is 2.01. The smallest absolute Gasteiger partial charge is 0.261 e. The van der Waals surface area contributed by atoms with Crippen molar-refractivity contribution < 1.29 is 9.53 Å². The van der Waals surface area contributed by atoms with Gasteiger partial charge in [-0.1, -0.05) is 17.7 Å². The lowest BCUT2D eigenvalue weighted by Gasteiger charge is -2.16. The Labute approximate surface area is 125 Å². The normalized spacial score (nSPS) is 11.8. The van der Waals surface area contributed by atoms with Gasteiger partial charge < -0.3 is 10.1 Å². The molecule has 0 radical (unpaired) electrons. The van der Waals surface area contributed by atoms with E-state index in [0.29, 0.717) is 6.54 Å². The number of hydrogen-bond acceptors (Lipinski definition) is 3. The van der Waals surface area contributed by atoms with Crippen LogP contribution in [0.3, 0.4) is 0 Å². The van der Waals surface area contributed by atoms with Crippen molar-refractivity contribution in [3.05, 3.63) is 59.4 Å². The number of ether oxygens (including phenoxy) is 1. The number of aryl methyl sites for hydroxylation is 2. The van der Waals surface area contributed by atoms with Crippen LogP contribution in [0, 0.1) is 13.8 Å². The summed E-state index contributed by atoms with van der Waals surface area (Å²) in [5.74, 6) is 0.610. The number of carbonyl (C=O) groups excluding carboxylic acids is 1. The van der Waals surface area contributed by atoms with Gasteiger partial charge in [-0.2, -0.15) is 0 Å². The molecule has 1 heterocycles. The first kappa shape index (κ1) is 15.0. The van der Waals surface area contributed by atoms with Crippen LogP contribution in [-0.4, -0.2) is 17.0 Å². The van der Waals surface area contributed by atoms with E-state index in [1.54, 1.807) is 19.3 Å². The maximum atomic E-state index is 12.0. The van der Waals surface area contributed by atoms with Gasteiger partial charge in [0.05, 0.1) is 0 Å². The standard InChI is InChI=1S/C17H20N2O2/c1-12-4-5-16(13(2)10-12)21-14(3)17(20)19-11-15-6-8-18-9-7-15/h4-10,14H,11H2,1-3H3,(H,19,20)/t14-/m0/s1. The molecule has 0 aliphatic carbocycles. The van der Waals surface area contributed by atoms with E-state index in [-0.39, 0.29) is 5.91 Å². The quantitative estimate of drug-likeness (QED) is 0.918. The van der Waals surface area contributed by atoms with Gasteiger partial charge in [0.1, 0.15) is 5.75 Å². The zero-order valence-corrected chi connectivity index (χ0v) is 12.6. The predicted molar refractivity (Wildman–Crippen MR) is 82.1 cm³/mol. The van der Waals surface area contributed by atoms with Gasteiger partial charge in [-0.3, -0.25) is 9.78 Å². The molecule has 1 N–H and O–H groups in total. The number of amides is 1. The molecule has 0 aliphatic rings. The minimum atomic E-state index is -0.534. The molecule has 4 heteroatoms. The molecular formula is C17H20N2O2. The van der Waals surface area contributed by atoms with Crippen molar-refractivity contribution in [2.24, 2.45) is 0 Å². The van der Waals surface area contributed by atoms with Crippen LogP contribution < -0.4 is 10.1 Å². The molecule has 110 valence electrons. The van der Waals surface area contributed by atoms with Crippen molar-refractivity contribution in [2.75, 3.05) is 0 Å². The van der Waals surface area contributed by atoms with Gasteiger partial charge in [-0.15, -0.1) is 0 Å². The molecule has 0 unspecified atom stereocenters. The third-order valence-corrected chi connectivity index (χ3v) is 3.22. The van der Waals surface area contributed by atoms with E-state index in [4.69, 9.17) is 4.74 Å². The molecule has 0 fully saturated rings. The van der Waals surface area contributed by atoms with Crippen LogP contribution in [0.2, 0.25) is 0 Å². The SMILES string of the molecule is Cc1ccc(O[C@@H](C)C(=O)NCc2ccncc2)c(C)c1. The molecule has 2 rings (SSSR count). The number of benzene rings is 1. The Bertz CT molecular complexity index is 611. The van der Waals surface area contributed by atoms with Crippen molar-refractivity contribution >= 4 is 5.91 Å². The maximum absolute atomic E-state index is 12.0. The molecule has 1 aromatic heterocycles. The summed E-state index contributed by atoms with van der Waals surface area (Å²) in [6.45, 7) is 6.23. The van der Waals surface area contributed by atoms with Gasteiger partial charge in [0, 0.05) is 18.9 Å². The van der Waals surface area contributed by atoms with Crippen LogP contribution in [-0.2, 0) is 11.3 Å².